The van der Waals surface area contributed by atoms with Gasteiger partial charge in [0.25, 0.3) is 20.2 Å². The van der Waals surface area contributed by atoms with E-state index in [9.17, 15) is 21.9 Å². The monoisotopic (exact) mass is 308 g/mol. The van der Waals surface area contributed by atoms with E-state index < -0.39 is 35.8 Å². The molecule has 17 heavy (non-hydrogen) atoms. The van der Waals surface area contributed by atoms with Gasteiger partial charge in [-0.15, -0.1) is 0 Å². The molecular formula is C7H9KO7S2. The summed E-state index contributed by atoms with van der Waals surface area (Å²) in [4.78, 5) is -2.01. The number of phenols is 1. The minimum absolute atomic E-state index is 0. The molecule has 0 fully saturated rings. The Morgan fingerprint density at radius 3 is 1.82 bits per heavy atom. The van der Waals surface area contributed by atoms with Crippen molar-refractivity contribution in [3.8, 4) is 5.75 Å². The summed E-state index contributed by atoms with van der Waals surface area (Å²) in [6.07, 6.45) is 0. The van der Waals surface area contributed by atoms with Crippen molar-refractivity contribution in [2.24, 2.45) is 0 Å². The fourth-order valence-electron chi connectivity index (χ4n) is 1.18. The molecule has 7 nitrogen and oxygen atoms in total. The molecule has 0 aliphatic carbocycles. The first-order valence-electron chi connectivity index (χ1n) is 3.82. The predicted octanol–water partition coefficient (Wildman–Crippen LogP) is -0.454. The van der Waals surface area contributed by atoms with E-state index in [1.54, 1.807) is 0 Å². The standard InChI is InChI=1S/C7H8O7S2.K.H/c1-4-5(8)2-3-6(15(9,10)11)7(4)16(12,13)14;;/h2-3,8H,1H3,(H,9,10,11)(H,12,13,14);;. The first-order valence-corrected chi connectivity index (χ1v) is 6.70. The number of benzene rings is 1. The van der Waals surface area contributed by atoms with Gasteiger partial charge in [-0.25, -0.2) is 0 Å². The summed E-state index contributed by atoms with van der Waals surface area (Å²) in [7, 11) is -9.68. The Morgan fingerprint density at radius 1 is 1.00 bits per heavy atom. The van der Waals surface area contributed by atoms with Crippen LogP contribution in [0.2, 0.25) is 0 Å². The Hall–Kier alpha value is 0.476. The molecule has 0 unspecified atom stereocenters. The zero-order valence-electron chi connectivity index (χ0n) is 7.95. The summed E-state index contributed by atoms with van der Waals surface area (Å²) in [6.45, 7) is 1.09. The van der Waals surface area contributed by atoms with E-state index >= 15 is 0 Å². The van der Waals surface area contributed by atoms with Crippen molar-refractivity contribution in [2.75, 3.05) is 0 Å². The SMILES string of the molecule is Cc1c(O)ccc(S(=O)(=O)O)c1S(=O)(=O)O.[KH]. The molecule has 0 bridgehead atoms. The molecule has 1 rings (SSSR count). The van der Waals surface area contributed by atoms with Gasteiger partial charge in [0.15, 0.2) is 0 Å². The number of hydrogen-bond acceptors (Lipinski definition) is 5. The molecule has 1 aromatic rings. The number of rotatable bonds is 2. The van der Waals surface area contributed by atoms with Crippen LogP contribution in [0, 0.1) is 6.92 Å². The van der Waals surface area contributed by atoms with Crippen LogP contribution in [-0.2, 0) is 20.2 Å². The summed E-state index contributed by atoms with van der Waals surface area (Å²) in [6, 6.07) is 1.58. The van der Waals surface area contributed by atoms with Gasteiger partial charge in [0, 0.05) is 5.56 Å². The van der Waals surface area contributed by atoms with Gasteiger partial charge in [-0.3, -0.25) is 9.11 Å². The molecule has 0 aliphatic rings. The van der Waals surface area contributed by atoms with Crippen LogP contribution in [0.4, 0.5) is 0 Å². The van der Waals surface area contributed by atoms with Crippen molar-refractivity contribution < 1.29 is 31.0 Å². The number of phenolic OH excluding ortho intramolecular Hbond substituents is 1. The molecule has 0 radical (unpaired) electrons. The molecule has 92 valence electrons. The van der Waals surface area contributed by atoms with Gasteiger partial charge in [0.2, 0.25) is 0 Å². The average Bonchev–Trinajstić information content (AvgIpc) is 2.05. The molecular weight excluding hydrogens is 299 g/mol. The average molecular weight is 308 g/mol. The molecule has 1 aromatic carbocycles. The van der Waals surface area contributed by atoms with Gasteiger partial charge in [-0.05, 0) is 19.1 Å². The Balaban J connectivity index is 0.00000256. The first-order chi connectivity index (χ1) is 7.05. The third kappa shape index (κ3) is 3.97. The fraction of sp³-hybridized carbons (Fsp3) is 0.143. The van der Waals surface area contributed by atoms with E-state index in [0.29, 0.717) is 6.07 Å². The predicted molar refractivity (Wildman–Crippen MR) is 59.6 cm³/mol. The normalized spacial score (nSPS) is 11.9. The van der Waals surface area contributed by atoms with Gasteiger partial charge in [0.05, 0.1) is 0 Å². The molecule has 0 saturated carbocycles. The van der Waals surface area contributed by atoms with Crippen molar-refractivity contribution in [1.82, 2.24) is 0 Å². The number of hydrogen-bond donors (Lipinski definition) is 3. The maximum atomic E-state index is 10.9. The van der Waals surface area contributed by atoms with Crippen LogP contribution >= 0.6 is 0 Å². The topological polar surface area (TPSA) is 129 Å². The molecule has 3 N–H and O–H groups in total. The van der Waals surface area contributed by atoms with Gasteiger partial charge in [-0.1, -0.05) is 0 Å². The molecule has 0 aromatic heterocycles. The molecule has 0 aliphatic heterocycles. The molecule has 0 heterocycles. The molecule has 10 heteroatoms. The summed E-state index contributed by atoms with van der Waals surface area (Å²) in [5, 5.41) is 9.20. The van der Waals surface area contributed by atoms with Crippen molar-refractivity contribution in [3.63, 3.8) is 0 Å². The summed E-state index contributed by atoms with van der Waals surface area (Å²) in [5.41, 5.74) is -0.363. The molecule has 0 amide bonds. The Kier molecular flexibility index (Phi) is 5.79. The van der Waals surface area contributed by atoms with Crippen LogP contribution in [0.1, 0.15) is 5.56 Å². The van der Waals surface area contributed by atoms with Crippen molar-refractivity contribution >= 4 is 71.6 Å². The van der Waals surface area contributed by atoms with Crippen LogP contribution in [0.5, 0.6) is 5.75 Å². The van der Waals surface area contributed by atoms with Gasteiger partial charge in [-0.2, -0.15) is 16.8 Å². The van der Waals surface area contributed by atoms with E-state index in [1.165, 1.54) is 0 Å². The second kappa shape index (κ2) is 5.63. The second-order valence-corrected chi connectivity index (χ2v) is 5.74. The second-order valence-electron chi connectivity index (χ2n) is 2.99. The van der Waals surface area contributed by atoms with Gasteiger partial charge >= 0.3 is 51.4 Å². The van der Waals surface area contributed by atoms with Crippen molar-refractivity contribution in [1.29, 1.82) is 0 Å². The summed E-state index contributed by atoms with van der Waals surface area (Å²) < 4.78 is 61.2. The van der Waals surface area contributed by atoms with Crippen LogP contribution in [0.15, 0.2) is 21.9 Å². The summed E-state index contributed by atoms with van der Waals surface area (Å²) in [5.74, 6) is -0.514. The maximum absolute atomic E-state index is 10.9. The molecule has 0 saturated heterocycles. The minimum atomic E-state index is -4.87. The van der Waals surface area contributed by atoms with Crippen LogP contribution in [0.25, 0.3) is 0 Å². The fourth-order valence-corrected chi connectivity index (χ4v) is 3.25. The van der Waals surface area contributed by atoms with Gasteiger partial charge < -0.3 is 5.11 Å². The van der Waals surface area contributed by atoms with Crippen LogP contribution in [0.3, 0.4) is 0 Å². The third-order valence-corrected chi connectivity index (χ3v) is 3.94. The van der Waals surface area contributed by atoms with Crippen LogP contribution < -0.4 is 0 Å². The van der Waals surface area contributed by atoms with E-state index in [2.05, 4.69) is 0 Å². The van der Waals surface area contributed by atoms with Crippen LogP contribution in [-0.4, -0.2) is 82.4 Å². The van der Waals surface area contributed by atoms with E-state index in [1.807, 2.05) is 0 Å². The van der Waals surface area contributed by atoms with Crippen molar-refractivity contribution in [2.45, 2.75) is 16.7 Å². The Labute approximate surface area is 141 Å². The number of aromatic hydroxyl groups is 1. The zero-order valence-corrected chi connectivity index (χ0v) is 9.58. The Bertz CT molecular complexity index is 632. The van der Waals surface area contributed by atoms with E-state index in [4.69, 9.17) is 9.11 Å². The molecule has 0 spiro atoms. The zero-order chi connectivity index (χ0) is 12.7. The van der Waals surface area contributed by atoms with E-state index in [0.717, 1.165) is 13.0 Å². The van der Waals surface area contributed by atoms with Crippen molar-refractivity contribution in [3.05, 3.63) is 17.7 Å². The summed E-state index contributed by atoms with van der Waals surface area (Å²) >= 11 is 0. The Morgan fingerprint density at radius 2 is 1.47 bits per heavy atom. The van der Waals surface area contributed by atoms with Gasteiger partial charge in [0.1, 0.15) is 15.5 Å². The quantitative estimate of drug-likeness (QED) is 0.498. The first kappa shape index (κ1) is 17.5. The third-order valence-electron chi connectivity index (χ3n) is 1.88. The van der Waals surface area contributed by atoms with E-state index in [-0.39, 0.29) is 56.9 Å². The molecule has 0 atom stereocenters.